The molecule has 1 heterocycles. The van der Waals surface area contributed by atoms with E-state index in [4.69, 9.17) is 0 Å². The first kappa shape index (κ1) is 14.2. The van der Waals surface area contributed by atoms with E-state index in [0.29, 0.717) is 5.82 Å². The normalized spacial score (nSPS) is 11.4. The van der Waals surface area contributed by atoms with Crippen LogP contribution in [0.25, 0.3) is 11.4 Å². The van der Waals surface area contributed by atoms with E-state index in [2.05, 4.69) is 20.8 Å². The van der Waals surface area contributed by atoms with Gasteiger partial charge in [-0.05, 0) is 33.0 Å². The summed E-state index contributed by atoms with van der Waals surface area (Å²) < 4.78 is 1.81. The Morgan fingerprint density at radius 3 is 2.60 bits per heavy atom. The zero-order valence-corrected chi connectivity index (χ0v) is 12.1. The van der Waals surface area contributed by atoms with Crippen LogP contribution in [0.15, 0.2) is 30.6 Å². The Morgan fingerprint density at radius 1 is 1.30 bits per heavy atom. The number of hydrogen-bond donors (Lipinski definition) is 2. The fourth-order valence-electron chi connectivity index (χ4n) is 1.71. The fraction of sp³-hybridized carbons (Fsp3) is 0.357. The number of aromatic nitrogens is 3. The molecular weight excluding hydrogens is 254 g/mol. The third kappa shape index (κ3) is 2.70. The number of anilines is 1. The predicted octanol–water partition coefficient (Wildman–Crippen LogP) is 1.42. The molecule has 2 N–H and O–H groups in total. The van der Waals surface area contributed by atoms with Crippen molar-refractivity contribution in [3.63, 3.8) is 0 Å². The zero-order chi connectivity index (χ0) is 14.8. The van der Waals surface area contributed by atoms with Crippen LogP contribution >= 0.6 is 0 Å². The SMILES string of the molecule is CNC(C)(C)C(=O)Nc1ccccc1-c1nncn1C. The van der Waals surface area contributed by atoms with Crippen molar-refractivity contribution < 1.29 is 4.79 Å². The molecule has 0 bridgehead atoms. The number of nitrogens with one attached hydrogen (secondary N) is 2. The Labute approximate surface area is 118 Å². The Bertz CT molecular complexity index is 618. The van der Waals surface area contributed by atoms with Crippen molar-refractivity contribution in [2.45, 2.75) is 19.4 Å². The van der Waals surface area contributed by atoms with E-state index < -0.39 is 5.54 Å². The van der Waals surface area contributed by atoms with Gasteiger partial charge in [-0.1, -0.05) is 12.1 Å². The van der Waals surface area contributed by atoms with Gasteiger partial charge in [0.2, 0.25) is 5.91 Å². The second-order valence-corrected chi connectivity index (χ2v) is 5.14. The van der Waals surface area contributed by atoms with E-state index in [9.17, 15) is 4.79 Å². The van der Waals surface area contributed by atoms with Crippen LogP contribution in [0.5, 0.6) is 0 Å². The van der Waals surface area contributed by atoms with Gasteiger partial charge in [0, 0.05) is 12.6 Å². The van der Waals surface area contributed by atoms with Crippen LogP contribution in [0.4, 0.5) is 5.69 Å². The highest BCUT2D eigenvalue weighted by Gasteiger charge is 2.26. The van der Waals surface area contributed by atoms with Crippen LogP contribution in [0.3, 0.4) is 0 Å². The molecule has 2 rings (SSSR count). The largest absolute Gasteiger partial charge is 0.324 e. The number of nitrogens with zero attached hydrogens (tertiary/aromatic N) is 3. The molecule has 0 saturated heterocycles. The molecule has 0 fully saturated rings. The molecule has 1 aromatic heterocycles. The van der Waals surface area contributed by atoms with Crippen LogP contribution in [0, 0.1) is 0 Å². The molecule has 106 valence electrons. The third-order valence-corrected chi connectivity index (χ3v) is 3.32. The zero-order valence-electron chi connectivity index (χ0n) is 12.1. The third-order valence-electron chi connectivity index (χ3n) is 3.32. The maximum atomic E-state index is 12.3. The molecule has 0 unspecified atom stereocenters. The number of likely N-dealkylation sites (N-methyl/N-ethyl adjacent to an activating group) is 1. The lowest BCUT2D eigenvalue weighted by molar-refractivity contribution is -0.121. The summed E-state index contributed by atoms with van der Waals surface area (Å²) in [6.07, 6.45) is 1.63. The van der Waals surface area contributed by atoms with Crippen molar-refractivity contribution in [2.75, 3.05) is 12.4 Å². The summed E-state index contributed by atoms with van der Waals surface area (Å²) in [4.78, 5) is 12.3. The van der Waals surface area contributed by atoms with Crippen molar-refractivity contribution in [1.82, 2.24) is 20.1 Å². The summed E-state index contributed by atoms with van der Waals surface area (Å²) in [5.41, 5.74) is 0.914. The Morgan fingerprint density at radius 2 is 2.00 bits per heavy atom. The van der Waals surface area contributed by atoms with Gasteiger partial charge in [-0.3, -0.25) is 4.79 Å². The number of aryl methyl sites for hydroxylation is 1. The molecule has 2 aromatic rings. The van der Waals surface area contributed by atoms with Gasteiger partial charge < -0.3 is 15.2 Å². The maximum Gasteiger partial charge on any atom is 0.244 e. The highest BCUT2D eigenvalue weighted by Crippen LogP contribution is 2.26. The number of carbonyl (C=O) groups is 1. The van der Waals surface area contributed by atoms with Crippen molar-refractivity contribution in [1.29, 1.82) is 0 Å². The first-order chi connectivity index (χ1) is 9.45. The number of hydrogen-bond acceptors (Lipinski definition) is 4. The van der Waals surface area contributed by atoms with Crippen LogP contribution in [0.2, 0.25) is 0 Å². The standard InChI is InChI=1S/C14H19N5O/c1-14(2,15-3)13(20)17-11-8-6-5-7-10(11)12-18-16-9-19(12)4/h5-9,15H,1-4H3,(H,17,20). The minimum Gasteiger partial charge on any atom is -0.324 e. The number of amides is 1. The lowest BCUT2D eigenvalue weighted by Gasteiger charge is -2.23. The maximum absolute atomic E-state index is 12.3. The van der Waals surface area contributed by atoms with Crippen molar-refractivity contribution in [2.24, 2.45) is 7.05 Å². The highest BCUT2D eigenvalue weighted by molar-refractivity contribution is 6.00. The lowest BCUT2D eigenvalue weighted by Crippen LogP contribution is -2.47. The summed E-state index contributed by atoms with van der Waals surface area (Å²) in [6, 6.07) is 7.55. The number of benzene rings is 1. The molecule has 1 amide bonds. The summed E-state index contributed by atoms with van der Waals surface area (Å²) >= 11 is 0. The van der Waals surface area contributed by atoms with Crippen molar-refractivity contribution in [3.05, 3.63) is 30.6 Å². The minimum atomic E-state index is -0.646. The van der Waals surface area contributed by atoms with Gasteiger partial charge in [0.15, 0.2) is 5.82 Å². The Balaban J connectivity index is 2.35. The van der Waals surface area contributed by atoms with Crippen LogP contribution in [-0.4, -0.2) is 33.3 Å². The average molecular weight is 273 g/mol. The molecule has 6 nitrogen and oxygen atoms in total. The smallest absolute Gasteiger partial charge is 0.244 e. The van der Waals surface area contributed by atoms with Gasteiger partial charge in [-0.2, -0.15) is 0 Å². The predicted molar refractivity (Wildman–Crippen MR) is 78.2 cm³/mol. The first-order valence-corrected chi connectivity index (χ1v) is 6.39. The minimum absolute atomic E-state index is 0.102. The Hall–Kier alpha value is -2.21. The van der Waals surface area contributed by atoms with Crippen LogP contribution < -0.4 is 10.6 Å². The van der Waals surface area contributed by atoms with E-state index >= 15 is 0 Å². The second-order valence-electron chi connectivity index (χ2n) is 5.14. The monoisotopic (exact) mass is 273 g/mol. The molecule has 1 aromatic carbocycles. The number of para-hydroxylation sites is 1. The van der Waals surface area contributed by atoms with Gasteiger partial charge in [-0.25, -0.2) is 0 Å². The second kappa shape index (κ2) is 5.42. The first-order valence-electron chi connectivity index (χ1n) is 6.39. The molecule has 0 aliphatic rings. The summed E-state index contributed by atoms with van der Waals surface area (Å²) in [6.45, 7) is 3.65. The number of rotatable bonds is 4. The van der Waals surface area contributed by atoms with E-state index in [1.807, 2.05) is 49.7 Å². The quantitative estimate of drug-likeness (QED) is 0.883. The molecule has 6 heteroatoms. The fourth-order valence-corrected chi connectivity index (χ4v) is 1.71. The average Bonchev–Trinajstić information content (AvgIpc) is 2.85. The van der Waals surface area contributed by atoms with Crippen LogP contribution in [-0.2, 0) is 11.8 Å². The van der Waals surface area contributed by atoms with Gasteiger partial charge in [0.25, 0.3) is 0 Å². The van der Waals surface area contributed by atoms with Crippen molar-refractivity contribution in [3.8, 4) is 11.4 Å². The van der Waals surface area contributed by atoms with Gasteiger partial charge in [0.05, 0.1) is 11.2 Å². The van der Waals surface area contributed by atoms with Crippen LogP contribution in [0.1, 0.15) is 13.8 Å². The van der Waals surface area contributed by atoms with Gasteiger partial charge in [0.1, 0.15) is 6.33 Å². The molecule has 0 saturated carbocycles. The van der Waals surface area contributed by atoms with Gasteiger partial charge in [-0.15, -0.1) is 10.2 Å². The Kier molecular flexibility index (Phi) is 3.85. The van der Waals surface area contributed by atoms with Gasteiger partial charge >= 0.3 is 0 Å². The van der Waals surface area contributed by atoms with Crippen molar-refractivity contribution >= 4 is 11.6 Å². The number of carbonyl (C=O) groups excluding carboxylic acids is 1. The molecular formula is C14H19N5O. The lowest BCUT2D eigenvalue weighted by atomic mass is 10.0. The van der Waals surface area contributed by atoms with E-state index in [0.717, 1.165) is 11.3 Å². The molecule has 0 radical (unpaired) electrons. The highest BCUT2D eigenvalue weighted by atomic mass is 16.2. The summed E-state index contributed by atoms with van der Waals surface area (Å²) in [5.74, 6) is 0.609. The summed E-state index contributed by atoms with van der Waals surface area (Å²) in [5, 5.41) is 13.9. The van der Waals surface area contributed by atoms with E-state index in [-0.39, 0.29) is 5.91 Å². The molecule has 0 atom stereocenters. The van der Waals surface area contributed by atoms with E-state index in [1.165, 1.54) is 0 Å². The molecule has 0 spiro atoms. The van der Waals surface area contributed by atoms with E-state index in [1.54, 1.807) is 13.4 Å². The molecule has 0 aliphatic carbocycles. The molecule has 20 heavy (non-hydrogen) atoms. The molecule has 0 aliphatic heterocycles. The topological polar surface area (TPSA) is 71.8 Å². The summed E-state index contributed by atoms with van der Waals surface area (Å²) in [7, 11) is 3.62.